The Hall–Kier alpha value is -0.360. The third-order valence-electron chi connectivity index (χ3n) is 4.77. The summed E-state index contributed by atoms with van der Waals surface area (Å²) in [6.07, 6.45) is -5.79. The van der Waals surface area contributed by atoms with Gasteiger partial charge in [-0.25, -0.2) is 0 Å². The fourth-order valence-electron chi connectivity index (χ4n) is 3.30. The SMILES string of the molecule is OC[C@H]1C[C@H](N[C@H]2[C@H](O)[C@@H](CO)NC[C@H]2O)[C@H](O)[C@@H](O)[C@@H]1O. The number of aliphatic hydroxyl groups is 7. The average Bonchev–Trinajstić information content (AvgIpc) is 2.51. The summed E-state index contributed by atoms with van der Waals surface area (Å²) in [6.45, 7) is -0.489. The molecule has 0 aromatic heterocycles. The van der Waals surface area contributed by atoms with Gasteiger partial charge in [0.15, 0.2) is 0 Å². The minimum atomic E-state index is -1.42. The molecular formula is C13H26N2O7. The van der Waals surface area contributed by atoms with Crippen LogP contribution in [0.5, 0.6) is 0 Å². The summed E-state index contributed by atoms with van der Waals surface area (Å²) in [4.78, 5) is 0. The lowest BCUT2D eigenvalue weighted by Gasteiger charge is -2.45. The molecule has 2 aliphatic rings. The smallest absolute Gasteiger partial charge is 0.108 e. The van der Waals surface area contributed by atoms with Gasteiger partial charge >= 0.3 is 0 Å². The van der Waals surface area contributed by atoms with Crippen molar-refractivity contribution < 1.29 is 35.7 Å². The highest BCUT2D eigenvalue weighted by atomic mass is 16.4. The highest BCUT2D eigenvalue weighted by Crippen LogP contribution is 2.27. The second kappa shape index (κ2) is 7.47. The topological polar surface area (TPSA) is 166 Å². The van der Waals surface area contributed by atoms with E-state index in [0.29, 0.717) is 0 Å². The van der Waals surface area contributed by atoms with Crippen molar-refractivity contribution in [2.45, 2.75) is 55.1 Å². The van der Waals surface area contributed by atoms with E-state index in [9.17, 15) is 35.7 Å². The first kappa shape index (κ1) is 18.0. The Kier molecular flexibility index (Phi) is 6.11. The van der Waals surface area contributed by atoms with Gasteiger partial charge in [-0.05, 0) is 6.42 Å². The van der Waals surface area contributed by atoms with Crippen molar-refractivity contribution in [2.24, 2.45) is 5.92 Å². The molecule has 0 aromatic rings. The molecule has 1 aliphatic heterocycles. The molecule has 2 rings (SSSR count). The second-order valence-corrected chi connectivity index (χ2v) is 6.20. The van der Waals surface area contributed by atoms with Crippen molar-refractivity contribution in [3.63, 3.8) is 0 Å². The van der Waals surface area contributed by atoms with Crippen LogP contribution < -0.4 is 10.6 Å². The summed E-state index contributed by atoms with van der Waals surface area (Å²) in [5.41, 5.74) is 0. The van der Waals surface area contributed by atoms with Crippen molar-refractivity contribution in [3.05, 3.63) is 0 Å². The molecule has 0 amide bonds. The number of aliphatic hydroxyl groups excluding tert-OH is 7. The molecule has 130 valence electrons. The molecule has 1 saturated heterocycles. The maximum atomic E-state index is 10.2. The molecule has 9 heteroatoms. The van der Waals surface area contributed by atoms with Crippen LogP contribution >= 0.6 is 0 Å². The Balaban J connectivity index is 2.07. The van der Waals surface area contributed by atoms with E-state index in [4.69, 9.17) is 0 Å². The van der Waals surface area contributed by atoms with Crippen LogP contribution in [0, 0.1) is 5.92 Å². The summed E-state index contributed by atoms with van der Waals surface area (Å²) in [5.74, 6) is -0.611. The van der Waals surface area contributed by atoms with E-state index >= 15 is 0 Å². The third-order valence-corrected chi connectivity index (χ3v) is 4.77. The zero-order chi connectivity index (χ0) is 16.4. The van der Waals surface area contributed by atoms with Gasteiger partial charge in [0.05, 0.1) is 43.1 Å². The number of rotatable bonds is 4. The van der Waals surface area contributed by atoms with Gasteiger partial charge in [0.1, 0.15) is 6.10 Å². The van der Waals surface area contributed by atoms with Gasteiger partial charge in [-0.15, -0.1) is 0 Å². The predicted molar refractivity (Wildman–Crippen MR) is 74.8 cm³/mol. The largest absolute Gasteiger partial charge is 0.396 e. The van der Waals surface area contributed by atoms with Crippen LogP contribution in [-0.2, 0) is 0 Å². The molecule has 1 heterocycles. The van der Waals surface area contributed by atoms with Crippen LogP contribution in [0.15, 0.2) is 0 Å². The van der Waals surface area contributed by atoms with Crippen LogP contribution in [0.4, 0.5) is 0 Å². The summed E-state index contributed by atoms with van der Waals surface area (Å²) in [6, 6.07) is -2.12. The van der Waals surface area contributed by atoms with Crippen LogP contribution in [0.3, 0.4) is 0 Å². The van der Waals surface area contributed by atoms with Gasteiger partial charge in [-0.1, -0.05) is 0 Å². The monoisotopic (exact) mass is 322 g/mol. The van der Waals surface area contributed by atoms with E-state index in [0.717, 1.165) is 0 Å². The first-order valence-corrected chi connectivity index (χ1v) is 7.52. The molecule has 9 nitrogen and oxygen atoms in total. The lowest BCUT2D eigenvalue weighted by Crippen LogP contribution is -2.69. The van der Waals surface area contributed by atoms with Crippen molar-refractivity contribution in [1.29, 1.82) is 0 Å². The van der Waals surface area contributed by atoms with Crippen LogP contribution in [-0.4, -0.2) is 104 Å². The van der Waals surface area contributed by atoms with Crippen LogP contribution in [0.1, 0.15) is 6.42 Å². The standard InChI is InChI=1S/C13H26N2O7/c16-3-5-1-6(12(21)13(22)10(5)19)15-9-8(18)2-14-7(4-17)11(9)20/h5-22H,1-4H2/t5-,6+,7-,8-,9-,10-,11-,12+,13+/m1/s1. The summed E-state index contributed by atoms with van der Waals surface area (Å²) in [5, 5.41) is 74.0. The first-order chi connectivity index (χ1) is 10.4. The molecule has 9 N–H and O–H groups in total. The minimum absolute atomic E-state index is 0.164. The lowest BCUT2D eigenvalue weighted by molar-refractivity contribution is -0.137. The molecule has 1 aliphatic carbocycles. The maximum Gasteiger partial charge on any atom is 0.108 e. The lowest BCUT2D eigenvalue weighted by atomic mass is 9.79. The molecule has 2 fully saturated rings. The van der Waals surface area contributed by atoms with E-state index in [1.54, 1.807) is 0 Å². The van der Waals surface area contributed by atoms with Crippen molar-refractivity contribution >= 4 is 0 Å². The van der Waals surface area contributed by atoms with Gasteiger partial charge in [-0.3, -0.25) is 0 Å². The molecule has 9 atom stereocenters. The van der Waals surface area contributed by atoms with Crippen molar-refractivity contribution in [1.82, 2.24) is 10.6 Å². The Morgan fingerprint density at radius 2 is 1.55 bits per heavy atom. The van der Waals surface area contributed by atoms with Gasteiger partial charge < -0.3 is 46.4 Å². The number of nitrogens with one attached hydrogen (secondary N) is 2. The highest BCUT2D eigenvalue weighted by Gasteiger charge is 2.45. The molecule has 0 radical (unpaired) electrons. The molecule has 22 heavy (non-hydrogen) atoms. The first-order valence-electron chi connectivity index (χ1n) is 7.52. The third kappa shape index (κ3) is 3.42. The molecule has 0 unspecified atom stereocenters. The molecule has 0 spiro atoms. The van der Waals surface area contributed by atoms with Gasteiger partial charge in [0, 0.05) is 25.1 Å². The Morgan fingerprint density at radius 3 is 2.14 bits per heavy atom. The van der Waals surface area contributed by atoms with Crippen molar-refractivity contribution in [3.8, 4) is 0 Å². The number of piperidine rings is 1. The van der Waals surface area contributed by atoms with E-state index in [1.165, 1.54) is 0 Å². The fraction of sp³-hybridized carbons (Fsp3) is 1.00. The average molecular weight is 322 g/mol. The quantitative estimate of drug-likeness (QED) is 0.246. The van der Waals surface area contributed by atoms with Gasteiger partial charge in [0.2, 0.25) is 0 Å². The fourth-order valence-corrected chi connectivity index (χ4v) is 3.30. The normalized spacial score (nSPS) is 50.0. The van der Waals surface area contributed by atoms with E-state index in [-0.39, 0.29) is 26.2 Å². The molecule has 1 saturated carbocycles. The number of β-amino-alcohol motifs (C(OH)–C–C–N with tert-alkyl or cyclic N) is 1. The second-order valence-electron chi connectivity index (χ2n) is 6.20. The summed E-state index contributed by atoms with van der Waals surface area (Å²) in [7, 11) is 0. The zero-order valence-electron chi connectivity index (χ0n) is 12.2. The molecular weight excluding hydrogens is 296 g/mol. The minimum Gasteiger partial charge on any atom is -0.396 e. The number of hydrogen-bond acceptors (Lipinski definition) is 9. The van der Waals surface area contributed by atoms with Gasteiger partial charge in [-0.2, -0.15) is 0 Å². The van der Waals surface area contributed by atoms with Crippen LogP contribution in [0.2, 0.25) is 0 Å². The van der Waals surface area contributed by atoms with Gasteiger partial charge in [0.25, 0.3) is 0 Å². The zero-order valence-corrected chi connectivity index (χ0v) is 12.2. The Labute approximate surface area is 128 Å². The highest BCUT2D eigenvalue weighted by molar-refractivity contribution is 5.02. The maximum absolute atomic E-state index is 10.2. The van der Waals surface area contributed by atoms with E-state index in [1.807, 2.05) is 0 Å². The molecule has 0 aromatic carbocycles. The van der Waals surface area contributed by atoms with E-state index in [2.05, 4.69) is 10.6 Å². The predicted octanol–water partition coefficient (Wildman–Crippen LogP) is -4.91. The molecule has 0 bridgehead atoms. The Morgan fingerprint density at radius 1 is 0.864 bits per heavy atom. The summed E-state index contributed by atoms with van der Waals surface area (Å²) < 4.78 is 0. The van der Waals surface area contributed by atoms with Crippen molar-refractivity contribution in [2.75, 3.05) is 19.8 Å². The number of hydrogen-bond donors (Lipinski definition) is 9. The Bertz CT molecular complexity index is 359. The van der Waals surface area contributed by atoms with Crippen LogP contribution in [0.25, 0.3) is 0 Å². The van der Waals surface area contributed by atoms with E-state index < -0.39 is 54.6 Å². The summed E-state index contributed by atoms with van der Waals surface area (Å²) >= 11 is 0.